The average molecular weight is 447 g/mol. The number of aliphatic hydroxyl groups is 1. The van der Waals surface area contributed by atoms with E-state index in [9.17, 15) is 10.2 Å². The van der Waals surface area contributed by atoms with Gasteiger partial charge in [-0.2, -0.15) is 9.97 Å². The van der Waals surface area contributed by atoms with E-state index >= 15 is 0 Å². The fourth-order valence-electron chi connectivity index (χ4n) is 2.07. The number of rotatable bonds is 7. The lowest BCUT2D eigenvalue weighted by atomic mass is 10.3. The zero-order chi connectivity index (χ0) is 20.1. The number of aromatic nitrogens is 4. The molecule has 4 N–H and O–H groups in total. The van der Waals surface area contributed by atoms with Crippen molar-refractivity contribution in [2.45, 2.75) is 26.1 Å². The van der Waals surface area contributed by atoms with E-state index in [1.807, 2.05) is 24.3 Å². The maximum Gasteiger partial charge on any atom is 0.233 e. The molecule has 0 bridgehead atoms. The van der Waals surface area contributed by atoms with Crippen molar-refractivity contribution in [2.75, 3.05) is 10.6 Å². The summed E-state index contributed by atoms with van der Waals surface area (Å²) in [6.07, 6.45) is 2.00. The summed E-state index contributed by atoms with van der Waals surface area (Å²) in [5.74, 6) is 0.885. The Bertz CT molecular complexity index is 939. The van der Waals surface area contributed by atoms with Crippen molar-refractivity contribution < 1.29 is 14.9 Å². The molecule has 0 amide bonds. The molecule has 1 unspecified atom stereocenters. The molecular formula is C18H19BrN6O3. The molecule has 2 heterocycles. The third-order valence-electron chi connectivity index (χ3n) is 3.73. The molecule has 28 heavy (non-hydrogen) atoms. The van der Waals surface area contributed by atoms with E-state index in [0.717, 1.165) is 11.4 Å². The van der Waals surface area contributed by atoms with Gasteiger partial charge in [0.15, 0.2) is 0 Å². The lowest BCUT2D eigenvalue weighted by Gasteiger charge is -2.17. The third kappa shape index (κ3) is 5.27. The van der Waals surface area contributed by atoms with E-state index in [0.29, 0.717) is 22.2 Å². The first-order chi connectivity index (χ1) is 13.4. The van der Waals surface area contributed by atoms with Crippen LogP contribution in [-0.2, 0) is 0 Å². The third-order valence-corrected chi connectivity index (χ3v) is 4.27. The summed E-state index contributed by atoms with van der Waals surface area (Å²) in [4.78, 5) is 16.4. The lowest BCUT2D eigenvalue weighted by molar-refractivity contribution is 0.0569. The molecule has 0 radical (unpaired) electrons. The molecule has 0 saturated heterocycles. The number of aromatic hydroxyl groups is 1. The van der Waals surface area contributed by atoms with Gasteiger partial charge in [0.25, 0.3) is 0 Å². The highest BCUT2D eigenvalue weighted by Crippen LogP contribution is 2.26. The van der Waals surface area contributed by atoms with Gasteiger partial charge < -0.3 is 25.6 Å². The molecule has 146 valence electrons. The van der Waals surface area contributed by atoms with Crippen LogP contribution in [-0.4, -0.2) is 42.4 Å². The normalized spacial score (nSPS) is 12.9. The van der Waals surface area contributed by atoms with E-state index in [1.54, 1.807) is 20.0 Å². The van der Waals surface area contributed by atoms with Crippen LogP contribution in [0.15, 0.2) is 47.2 Å². The number of hydrogen-bond acceptors (Lipinski definition) is 9. The Balaban J connectivity index is 1.68. The largest absolute Gasteiger partial charge is 0.493 e. The molecule has 3 aromatic rings. The van der Waals surface area contributed by atoms with Crippen molar-refractivity contribution >= 4 is 39.2 Å². The second kappa shape index (κ2) is 8.81. The molecule has 0 spiro atoms. The summed E-state index contributed by atoms with van der Waals surface area (Å²) >= 11 is 3.34. The standard InChI is InChI=1S/C18H19BrN6O3/c1-10(26)11(2)28-16-14(19)9-21-18(25-16)23-13-5-3-12(4-6-13)22-17-20-8-7-15(27)24-17/h3-11,26H,1-2H3,(H,21,23,25)(H2,20,22,24,27)/t10-,11?/m1/s1. The van der Waals surface area contributed by atoms with Crippen molar-refractivity contribution in [3.63, 3.8) is 0 Å². The smallest absolute Gasteiger partial charge is 0.233 e. The molecule has 0 aliphatic carbocycles. The molecule has 0 saturated carbocycles. The topological polar surface area (TPSA) is 125 Å². The Labute approximate surface area is 170 Å². The van der Waals surface area contributed by atoms with Gasteiger partial charge in [-0.05, 0) is 54.0 Å². The molecule has 2 aromatic heterocycles. The highest BCUT2D eigenvalue weighted by Gasteiger charge is 2.14. The van der Waals surface area contributed by atoms with Gasteiger partial charge in [0, 0.05) is 23.6 Å². The van der Waals surface area contributed by atoms with Gasteiger partial charge in [-0.1, -0.05) is 0 Å². The number of halogens is 1. The fourth-order valence-corrected chi connectivity index (χ4v) is 2.36. The van der Waals surface area contributed by atoms with Gasteiger partial charge in [-0.15, -0.1) is 0 Å². The van der Waals surface area contributed by atoms with E-state index in [-0.39, 0.29) is 5.88 Å². The predicted octanol–water partition coefficient (Wildman–Crippen LogP) is 3.37. The highest BCUT2D eigenvalue weighted by atomic mass is 79.9. The molecule has 10 heteroatoms. The SMILES string of the molecule is CC(Oc1nc(Nc2ccc(Nc3nccc(O)n3)cc2)ncc1Br)[C@@H](C)O. The Hall–Kier alpha value is -2.98. The Morgan fingerprint density at radius 1 is 0.964 bits per heavy atom. The quantitative estimate of drug-likeness (QED) is 0.431. The summed E-state index contributed by atoms with van der Waals surface area (Å²) in [6.45, 7) is 3.41. The number of anilines is 4. The zero-order valence-corrected chi connectivity index (χ0v) is 16.8. The summed E-state index contributed by atoms with van der Waals surface area (Å²) in [7, 11) is 0. The fraction of sp³-hybridized carbons (Fsp3) is 0.222. The van der Waals surface area contributed by atoms with Crippen molar-refractivity contribution in [3.8, 4) is 11.8 Å². The molecule has 2 atom stereocenters. The maximum atomic E-state index is 9.60. The van der Waals surface area contributed by atoms with Crippen LogP contribution >= 0.6 is 15.9 Å². The predicted molar refractivity (Wildman–Crippen MR) is 108 cm³/mol. The first-order valence-electron chi connectivity index (χ1n) is 8.44. The van der Waals surface area contributed by atoms with Crippen LogP contribution in [0, 0.1) is 0 Å². The van der Waals surface area contributed by atoms with Crippen LogP contribution in [0.5, 0.6) is 11.8 Å². The first kappa shape index (κ1) is 19.8. The number of nitrogens with one attached hydrogen (secondary N) is 2. The van der Waals surface area contributed by atoms with E-state index in [1.165, 1.54) is 12.3 Å². The second-order valence-electron chi connectivity index (χ2n) is 5.98. The highest BCUT2D eigenvalue weighted by molar-refractivity contribution is 9.10. The van der Waals surface area contributed by atoms with Gasteiger partial charge in [0.1, 0.15) is 6.10 Å². The lowest BCUT2D eigenvalue weighted by Crippen LogP contribution is -2.26. The van der Waals surface area contributed by atoms with Crippen molar-refractivity contribution in [1.29, 1.82) is 0 Å². The Morgan fingerprint density at radius 2 is 1.57 bits per heavy atom. The molecule has 0 aliphatic rings. The van der Waals surface area contributed by atoms with Crippen LogP contribution in [0.3, 0.4) is 0 Å². The molecular weight excluding hydrogens is 428 g/mol. The summed E-state index contributed by atoms with van der Waals surface area (Å²) in [5, 5.41) is 25.1. The summed E-state index contributed by atoms with van der Waals surface area (Å²) in [6, 6.07) is 8.70. The minimum Gasteiger partial charge on any atom is -0.493 e. The van der Waals surface area contributed by atoms with E-state index in [4.69, 9.17) is 4.74 Å². The first-order valence-corrected chi connectivity index (χ1v) is 9.23. The number of nitrogens with zero attached hydrogens (tertiary/aromatic N) is 4. The number of benzene rings is 1. The van der Waals surface area contributed by atoms with Crippen LogP contribution < -0.4 is 15.4 Å². The van der Waals surface area contributed by atoms with Gasteiger partial charge >= 0.3 is 0 Å². The number of aliphatic hydroxyl groups excluding tert-OH is 1. The summed E-state index contributed by atoms with van der Waals surface area (Å²) < 4.78 is 6.24. The minimum atomic E-state index is -0.631. The van der Waals surface area contributed by atoms with Crippen molar-refractivity contribution in [2.24, 2.45) is 0 Å². The zero-order valence-electron chi connectivity index (χ0n) is 15.2. The molecule has 1 aromatic carbocycles. The van der Waals surface area contributed by atoms with E-state index < -0.39 is 12.2 Å². The number of hydrogen-bond donors (Lipinski definition) is 4. The van der Waals surface area contributed by atoms with Gasteiger partial charge in [-0.3, -0.25) is 0 Å². The van der Waals surface area contributed by atoms with E-state index in [2.05, 4.69) is 46.5 Å². The Morgan fingerprint density at radius 3 is 2.14 bits per heavy atom. The molecule has 0 aliphatic heterocycles. The van der Waals surface area contributed by atoms with Gasteiger partial charge in [0.05, 0.1) is 16.8 Å². The maximum absolute atomic E-state index is 9.60. The van der Waals surface area contributed by atoms with Crippen LogP contribution in [0.1, 0.15) is 13.8 Å². The molecule has 9 nitrogen and oxygen atoms in total. The van der Waals surface area contributed by atoms with Gasteiger partial charge in [0.2, 0.25) is 23.7 Å². The van der Waals surface area contributed by atoms with Gasteiger partial charge in [-0.25, -0.2) is 9.97 Å². The van der Waals surface area contributed by atoms with Crippen molar-refractivity contribution in [1.82, 2.24) is 19.9 Å². The number of ether oxygens (including phenoxy) is 1. The van der Waals surface area contributed by atoms with Crippen LogP contribution in [0.2, 0.25) is 0 Å². The van der Waals surface area contributed by atoms with Crippen molar-refractivity contribution in [3.05, 3.63) is 47.2 Å². The molecule has 0 fully saturated rings. The second-order valence-corrected chi connectivity index (χ2v) is 6.83. The summed E-state index contributed by atoms with van der Waals surface area (Å²) in [5.41, 5.74) is 1.52. The minimum absolute atomic E-state index is 0.105. The average Bonchev–Trinajstić information content (AvgIpc) is 2.66. The molecule has 3 rings (SSSR count). The van der Waals surface area contributed by atoms with Crippen LogP contribution in [0.25, 0.3) is 0 Å². The monoisotopic (exact) mass is 446 g/mol. The van der Waals surface area contributed by atoms with Crippen LogP contribution in [0.4, 0.5) is 23.3 Å². The Kier molecular flexibility index (Phi) is 6.22.